The molecule has 0 amide bonds. The summed E-state index contributed by atoms with van der Waals surface area (Å²) in [4.78, 5) is 0. The van der Waals surface area contributed by atoms with E-state index in [0.717, 1.165) is 22.4 Å². The molecule has 2 aromatic rings. The standard InChI is InChI=1S/C15H14ClFO/c1-10-4-3-5-11(2)15(10)18-9-12-6-7-14(17)13(16)8-12/h3-8H,9H2,1-2H3. The quantitative estimate of drug-likeness (QED) is 0.782. The number of aryl methyl sites for hydroxylation is 2. The van der Waals surface area contributed by atoms with Crippen LogP contribution in [0.5, 0.6) is 5.75 Å². The molecule has 0 saturated carbocycles. The van der Waals surface area contributed by atoms with Crippen LogP contribution < -0.4 is 4.74 Å². The Bertz CT molecular complexity index is 546. The zero-order chi connectivity index (χ0) is 13.1. The molecular formula is C15H14ClFO. The number of benzene rings is 2. The number of ether oxygens (including phenoxy) is 1. The molecule has 18 heavy (non-hydrogen) atoms. The van der Waals surface area contributed by atoms with Gasteiger partial charge < -0.3 is 4.74 Å². The van der Waals surface area contributed by atoms with Gasteiger partial charge in [0.1, 0.15) is 18.2 Å². The molecule has 1 nitrogen and oxygen atoms in total. The van der Waals surface area contributed by atoms with E-state index in [9.17, 15) is 4.39 Å². The van der Waals surface area contributed by atoms with E-state index in [0.29, 0.717) is 6.61 Å². The predicted molar refractivity (Wildman–Crippen MR) is 71.7 cm³/mol. The Morgan fingerprint density at radius 3 is 2.39 bits per heavy atom. The second kappa shape index (κ2) is 5.40. The van der Waals surface area contributed by atoms with Gasteiger partial charge in [-0.1, -0.05) is 35.9 Å². The summed E-state index contributed by atoms with van der Waals surface area (Å²) >= 11 is 5.73. The first kappa shape index (κ1) is 12.9. The van der Waals surface area contributed by atoms with Crippen LogP contribution in [0, 0.1) is 19.7 Å². The van der Waals surface area contributed by atoms with E-state index >= 15 is 0 Å². The molecule has 0 atom stereocenters. The molecule has 0 aliphatic carbocycles. The van der Waals surface area contributed by atoms with E-state index in [1.807, 2.05) is 32.0 Å². The van der Waals surface area contributed by atoms with Crippen molar-refractivity contribution in [1.29, 1.82) is 0 Å². The van der Waals surface area contributed by atoms with Gasteiger partial charge in [-0.3, -0.25) is 0 Å². The highest BCUT2D eigenvalue weighted by molar-refractivity contribution is 6.30. The smallest absolute Gasteiger partial charge is 0.141 e. The van der Waals surface area contributed by atoms with Gasteiger partial charge in [-0.05, 0) is 42.7 Å². The molecule has 2 rings (SSSR count). The molecule has 0 aromatic heterocycles. The van der Waals surface area contributed by atoms with Crippen molar-refractivity contribution in [3.63, 3.8) is 0 Å². The molecule has 94 valence electrons. The van der Waals surface area contributed by atoms with Crippen molar-refractivity contribution in [2.75, 3.05) is 0 Å². The summed E-state index contributed by atoms with van der Waals surface area (Å²) in [6, 6.07) is 10.6. The van der Waals surface area contributed by atoms with Crippen molar-refractivity contribution in [1.82, 2.24) is 0 Å². The third-order valence-electron chi connectivity index (χ3n) is 2.78. The van der Waals surface area contributed by atoms with Gasteiger partial charge in [0.15, 0.2) is 0 Å². The van der Waals surface area contributed by atoms with Crippen molar-refractivity contribution in [3.05, 3.63) is 63.9 Å². The van der Waals surface area contributed by atoms with Gasteiger partial charge in [0, 0.05) is 0 Å². The van der Waals surface area contributed by atoms with Crippen molar-refractivity contribution in [3.8, 4) is 5.75 Å². The maximum absolute atomic E-state index is 13.0. The fourth-order valence-electron chi connectivity index (χ4n) is 1.81. The maximum atomic E-state index is 13.0. The summed E-state index contributed by atoms with van der Waals surface area (Å²) in [5.41, 5.74) is 3.02. The first-order valence-corrected chi connectivity index (χ1v) is 6.08. The second-order valence-electron chi connectivity index (χ2n) is 4.26. The van der Waals surface area contributed by atoms with E-state index in [-0.39, 0.29) is 5.02 Å². The van der Waals surface area contributed by atoms with Gasteiger partial charge in [0.05, 0.1) is 5.02 Å². The topological polar surface area (TPSA) is 9.23 Å². The third-order valence-corrected chi connectivity index (χ3v) is 3.07. The van der Waals surface area contributed by atoms with E-state index in [2.05, 4.69) is 0 Å². The number of hydrogen-bond acceptors (Lipinski definition) is 1. The van der Waals surface area contributed by atoms with Crippen LogP contribution in [0.1, 0.15) is 16.7 Å². The second-order valence-corrected chi connectivity index (χ2v) is 4.67. The molecule has 0 unspecified atom stereocenters. The average Bonchev–Trinajstić information content (AvgIpc) is 2.33. The van der Waals surface area contributed by atoms with E-state index < -0.39 is 5.82 Å². The summed E-state index contributed by atoms with van der Waals surface area (Å²) in [5, 5.41) is 0.123. The minimum Gasteiger partial charge on any atom is -0.488 e. The molecule has 0 N–H and O–H groups in total. The molecule has 0 heterocycles. The number of para-hydroxylation sites is 1. The van der Waals surface area contributed by atoms with Gasteiger partial charge >= 0.3 is 0 Å². The molecule has 0 aliphatic rings. The lowest BCUT2D eigenvalue weighted by Gasteiger charge is -2.12. The normalized spacial score (nSPS) is 10.4. The summed E-state index contributed by atoms with van der Waals surface area (Å²) < 4.78 is 18.8. The van der Waals surface area contributed by atoms with Crippen LogP contribution in [-0.2, 0) is 6.61 Å². The Kier molecular flexibility index (Phi) is 3.87. The monoisotopic (exact) mass is 264 g/mol. The molecule has 3 heteroatoms. The lowest BCUT2D eigenvalue weighted by Crippen LogP contribution is -1.99. The van der Waals surface area contributed by atoms with Gasteiger partial charge in [-0.2, -0.15) is 0 Å². The Balaban J connectivity index is 2.14. The molecule has 0 bridgehead atoms. The molecule has 2 aromatic carbocycles. The first-order chi connectivity index (χ1) is 8.58. The SMILES string of the molecule is Cc1cccc(C)c1OCc1ccc(F)c(Cl)c1. The lowest BCUT2D eigenvalue weighted by atomic mass is 10.1. The molecule has 0 saturated heterocycles. The summed E-state index contributed by atoms with van der Waals surface area (Å²) in [7, 11) is 0. The van der Waals surface area contributed by atoms with Gasteiger partial charge in [-0.25, -0.2) is 4.39 Å². The predicted octanol–water partition coefficient (Wildman–Crippen LogP) is 4.67. The third kappa shape index (κ3) is 2.82. The van der Waals surface area contributed by atoms with Crippen molar-refractivity contribution < 1.29 is 9.13 Å². The minimum atomic E-state index is -0.410. The number of hydrogen-bond donors (Lipinski definition) is 0. The van der Waals surface area contributed by atoms with Gasteiger partial charge in [0.25, 0.3) is 0 Å². The molecule has 0 radical (unpaired) electrons. The maximum Gasteiger partial charge on any atom is 0.141 e. The molecule has 0 aliphatic heterocycles. The van der Waals surface area contributed by atoms with Crippen LogP contribution in [0.4, 0.5) is 4.39 Å². The Labute approximate surface area is 111 Å². The number of halogens is 2. The van der Waals surface area contributed by atoms with E-state index in [1.165, 1.54) is 6.07 Å². The largest absolute Gasteiger partial charge is 0.488 e. The van der Waals surface area contributed by atoms with Gasteiger partial charge in [0.2, 0.25) is 0 Å². The van der Waals surface area contributed by atoms with Crippen LogP contribution >= 0.6 is 11.6 Å². The fourth-order valence-corrected chi connectivity index (χ4v) is 2.01. The zero-order valence-corrected chi connectivity index (χ0v) is 11.1. The summed E-state index contributed by atoms with van der Waals surface area (Å²) in [6.45, 7) is 4.38. The Morgan fingerprint density at radius 2 is 1.78 bits per heavy atom. The lowest BCUT2D eigenvalue weighted by molar-refractivity contribution is 0.302. The van der Waals surface area contributed by atoms with Crippen LogP contribution in [0.2, 0.25) is 5.02 Å². The van der Waals surface area contributed by atoms with Crippen molar-refractivity contribution in [2.45, 2.75) is 20.5 Å². The van der Waals surface area contributed by atoms with Gasteiger partial charge in [-0.15, -0.1) is 0 Å². The molecule has 0 fully saturated rings. The van der Waals surface area contributed by atoms with E-state index in [1.54, 1.807) is 12.1 Å². The highest BCUT2D eigenvalue weighted by atomic mass is 35.5. The average molecular weight is 265 g/mol. The highest BCUT2D eigenvalue weighted by Crippen LogP contribution is 2.24. The van der Waals surface area contributed by atoms with Crippen molar-refractivity contribution in [2.24, 2.45) is 0 Å². The van der Waals surface area contributed by atoms with Crippen LogP contribution in [0.3, 0.4) is 0 Å². The van der Waals surface area contributed by atoms with E-state index in [4.69, 9.17) is 16.3 Å². The summed E-state index contributed by atoms with van der Waals surface area (Å²) in [5.74, 6) is 0.463. The molecular weight excluding hydrogens is 251 g/mol. The molecule has 0 spiro atoms. The Morgan fingerprint density at radius 1 is 1.11 bits per heavy atom. The van der Waals surface area contributed by atoms with Crippen LogP contribution in [-0.4, -0.2) is 0 Å². The Hall–Kier alpha value is -1.54. The van der Waals surface area contributed by atoms with Crippen LogP contribution in [0.25, 0.3) is 0 Å². The zero-order valence-electron chi connectivity index (χ0n) is 10.3. The number of rotatable bonds is 3. The van der Waals surface area contributed by atoms with Crippen molar-refractivity contribution >= 4 is 11.6 Å². The van der Waals surface area contributed by atoms with Crippen LogP contribution in [0.15, 0.2) is 36.4 Å². The minimum absolute atomic E-state index is 0.123. The first-order valence-electron chi connectivity index (χ1n) is 5.71. The summed E-state index contributed by atoms with van der Waals surface area (Å²) in [6.07, 6.45) is 0. The fraction of sp³-hybridized carbons (Fsp3) is 0.200. The highest BCUT2D eigenvalue weighted by Gasteiger charge is 2.05.